The molecule has 0 aliphatic heterocycles. The number of aromatic nitrogens is 1. The molecular formula is C26H33N3O4S. The van der Waals surface area contributed by atoms with Crippen molar-refractivity contribution in [1.29, 1.82) is 0 Å². The Balaban J connectivity index is 1.94. The van der Waals surface area contributed by atoms with Crippen LogP contribution in [0.5, 0.6) is 17.2 Å². The highest BCUT2D eigenvalue weighted by molar-refractivity contribution is 7.22. The lowest BCUT2D eigenvalue weighted by Crippen LogP contribution is -2.38. The number of likely N-dealkylation sites (N-methyl/N-ethyl adjacent to an activating group) is 1. The SMILES string of the molecule is CCN(CC)CCN(C(=O)C=Cc1ccc(OC)c(OC)c1)c1nc2c(OC)ccc(C)c2s1. The molecule has 7 nitrogen and oxygen atoms in total. The number of ether oxygens (including phenoxy) is 3. The minimum absolute atomic E-state index is 0.127. The van der Waals surface area contributed by atoms with Crippen molar-refractivity contribution in [2.45, 2.75) is 20.8 Å². The maximum atomic E-state index is 13.4. The van der Waals surface area contributed by atoms with Gasteiger partial charge in [-0.3, -0.25) is 9.69 Å². The molecule has 8 heteroatoms. The fraction of sp³-hybridized carbons (Fsp3) is 0.385. The van der Waals surface area contributed by atoms with E-state index in [2.05, 4.69) is 18.7 Å². The van der Waals surface area contributed by atoms with Crippen LogP contribution in [0.4, 0.5) is 5.13 Å². The summed E-state index contributed by atoms with van der Waals surface area (Å²) < 4.78 is 17.2. The second kappa shape index (κ2) is 11.9. The molecule has 0 saturated heterocycles. The predicted octanol–water partition coefficient (Wildman–Crippen LogP) is 5.02. The van der Waals surface area contributed by atoms with Gasteiger partial charge in [0.05, 0.1) is 26.0 Å². The summed E-state index contributed by atoms with van der Waals surface area (Å²) in [5, 5.41) is 0.664. The molecule has 0 radical (unpaired) electrons. The minimum Gasteiger partial charge on any atom is -0.494 e. The molecule has 0 spiro atoms. The van der Waals surface area contributed by atoms with Gasteiger partial charge in [0.15, 0.2) is 16.6 Å². The molecule has 0 fully saturated rings. The van der Waals surface area contributed by atoms with E-state index in [0.29, 0.717) is 28.9 Å². The van der Waals surface area contributed by atoms with Crippen LogP contribution < -0.4 is 19.1 Å². The zero-order valence-electron chi connectivity index (χ0n) is 20.8. The summed E-state index contributed by atoms with van der Waals surface area (Å²) in [7, 11) is 4.83. The Kier molecular flexibility index (Phi) is 8.90. The topological polar surface area (TPSA) is 64.1 Å². The van der Waals surface area contributed by atoms with Crippen LogP contribution in [0.3, 0.4) is 0 Å². The van der Waals surface area contributed by atoms with Crippen molar-refractivity contribution in [2.24, 2.45) is 0 Å². The van der Waals surface area contributed by atoms with Gasteiger partial charge in [-0.25, -0.2) is 4.98 Å². The van der Waals surface area contributed by atoms with Crippen LogP contribution in [-0.2, 0) is 4.79 Å². The van der Waals surface area contributed by atoms with Gasteiger partial charge in [0.1, 0.15) is 11.3 Å². The van der Waals surface area contributed by atoms with Crippen LogP contribution in [0.15, 0.2) is 36.4 Å². The minimum atomic E-state index is -0.127. The number of thiazole rings is 1. The Morgan fingerprint density at radius 2 is 1.65 bits per heavy atom. The van der Waals surface area contributed by atoms with Gasteiger partial charge in [-0.1, -0.05) is 37.3 Å². The van der Waals surface area contributed by atoms with E-state index in [4.69, 9.17) is 19.2 Å². The zero-order chi connectivity index (χ0) is 24.7. The maximum Gasteiger partial charge on any atom is 0.252 e. The average molecular weight is 484 g/mol. The Morgan fingerprint density at radius 3 is 2.29 bits per heavy atom. The number of carbonyl (C=O) groups is 1. The number of amides is 1. The number of methoxy groups -OCH3 is 3. The van der Waals surface area contributed by atoms with Crippen LogP contribution in [0.2, 0.25) is 0 Å². The lowest BCUT2D eigenvalue weighted by molar-refractivity contribution is -0.114. The van der Waals surface area contributed by atoms with E-state index in [1.165, 1.54) is 11.3 Å². The monoisotopic (exact) mass is 483 g/mol. The third-order valence-corrected chi connectivity index (χ3v) is 6.98. The number of nitrogens with zero attached hydrogens (tertiary/aromatic N) is 3. The summed E-state index contributed by atoms with van der Waals surface area (Å²) in [6, 6.07) is 9.48. The number of aryl methyl sites for hydroxylation is 1. The van der Waals surface area contributed by atoms with E-state index < -0.39 is 0 Å². The third kappa shape index (κ3) is 5.69. The quantitative estimate of drug-likeness (QED) is 0.357. The lowest BCUT2D eigenvalue weighted by Gasteiger charge is -2.23. The summed E-state index contributed by atoms with van der Waals surface area (Å²) in [5.41, 5.74) is 2.74. The molecular weight excluding hydrogens is 450 g/mol. The molecule has 0 bridgehead atoms. The van der Waals surface area contributed by atoms with Crippen LogP contribution in [0, 0.1) is 6.92 Å². The largest absolute Gasteiger partial charge is 0.494 e. The second-order valence-corrected chi connectivity index (χ2v) is 8.70. The van der Waals surface area contributed by atoms with Crippen molar-refractivity contribution in [1.82, 2.24) is 9.88 Å². The van der Waals surface area contributed by atoms with Crippen molar-refractivity contribution in [3.05, 3.63) is 47.5 Å². The highest BCUT2D eigenvalue weighted by atomic mass is 32.1. The van der Waals surface area contributed by atoms with E-state index >= 15 is 0 Å². The van der Waals surface area contributed by atoms with Crippen molar-refractivity contribution < 1.29 is 19.0 Å². The van der Waals surface area contributed by atoms with Crippen LogP contribution >= 0.6 is 11.3 Å². The summed E-state index contributed by atoms with van der Waals surface area (Å²) in [5.74, 6) is 1.84. The van der Waals surface area contributed by atoms with Gasteiger partial charge >= 0.3 is 0 Å². The second-order valence-electron chi connectivity index (χ2n) is 7.72. The number of hydrogen-bond donors (Lipinski definition) is 0. The number of hydrogen-bond acceptors (Lipinski definition) is 7. The van der Waals surface area contributed by atoms with Crippen molar-refractivity contribution in [3.8, 4) is 17.2 Å². The zero-order valence-corrected chi connectivity index (χ0v) is 21.6. The van der Waals surface area contributed by atoms with Crippen LogP contribution in [0.1, 0.15) is 25.0 Å². The average Bonchev–Trinajstić information content (AvgIpc) is 3.31. The standard InChI is InChI=1S/C26H33N3O4S/c1-7-28(8-2)15-16-29(26-27-24-21(32-5)12-9-18(3)25(24)34-26)23(30)14-11-19-10-13-20(31-4)22(17-19)33-6/h9-14,17H,7-8,15-16H2,1-6H3. The van der Waals surface area contributed by atoms with Gasteiger partial charge < -0.3 is 19.1 Å². The molecule has 2 aromatic carbocycles. The summed E-state index contributed by atoms with van der Waals surface area (Å²) in [4.78, 5) is 22.2. The van der Waals surface area contributed by atoms with E-state index in [0.717, 1.165) is 41.0 Å². The van der Waals surface area contributed by atoms with Gasteiger partial charge in [-0.2, -0.15) is 0 Å². The highest BCUT2D eigenvalue weighted by Gasteiger charge is 2.21. The number of rotatable bonds is 11. The normalized spacial score (nSPS) is 11.4. The lowest BCUT2D eigenvalue weighted by atomic mass is 10.2. The van der Waals surface area contributed by atoms with E-state index in [1.54, 1.807) is 38.4 Å². The highest BCUT2D eigenvalue weighted by Crippen LogP contribution is 2.36. The van der Waals surface area contributed by atoms with Gasteiger partial charge in [-0.15, -0.1) is 0 Å². The number of benzene rings is 2. The molecule has 0 N–H and O–H groups in total. The molecule has 1 amide bonds. The summed E-state index contributed by atoms with van der Waals surface area (Å²) in [6.07, 6.45) is 3.37. The fourth-order valence-corrected chi connectivity index (χ4v) is 4.76. The molecule has 1 heterocycles. The molecule has 34 heavy (non-hydrogen) atoms. The predicted molar refractivity (Wildman–Crippen MR) is 140 cm³/mol. The summed E-state index contributed by atoms with van der Waals surface area (Å²) >= 11 is 1.51. The Hall–Kier alpha value is -3.10. The van der Waals surface area contributed by atoms with Gasteiger partial charge in [-0.05, 0) is 55.4 Å². The molecule has 3 rings (SSSR count). The van der Waals surface area contributed by atoms with Crippen LogP contribution in [0.25, 0.3) is 16.3 Å². The first kappa shape index (κ1) is 25.5. The number of carbonyl (C=O) groups excluding carboxylic acids is 1. The van der Waals surface area contributed by atoms with Gasteiger partial charge in [0.25, 0.3) is 5.91 Å². The number of anilines is 1. The molecule has 0 saturated carbocycles. The van der Waals surface area contributed by atoms with E-state index in [1.807, 2.05) is 37.3 Å². The first-order valence-electron chi connectivity index (χ1n) is 11.3. The van der Waals surface area contributed by atoms with Crippen molar-refractivity contribution in [3.63, 3.8) is 0 Å². The fourth-order valence-electron chi connectivity index (χ4n) is 3.67. The molecule has 0 aliphatic rings. The Bertz CT molecular complexity index is 1150. The third-order valence-electron chi connectivity index (χ3n) is 5.77. The smallest absolute Gasteiger partial charge is 0.252 e. The van der Waals surface area contributed by atoms with Gasteiger partial charge in [0.2, 0.25) is 0 Å². The molecule has 182 valence electrons. The van der Waals surface area contributed by atoms with E-state index in [-0.39, 0.29) is 5.91 Å². The Labute approximate surface area is 205 Å². The van der Waals surface area contributed by atoms with E-state index in [9.17, 15) is 4.79 Å². The van der Waals surface area contributed by atoms with Crippen molar-refractivity contribution in [2.75, 3.05) is 52.4 Å². The first-order valence-corrected chi connectivity index (χ1v) is 12.1. The van der Waals surface area contributed by atoms with Gasteiger partial charge in [0, 0.05) is 19.2 Å². The number of fused-ring (bicyclic) bond motifs is 1. The maximum absolute atomic E-state index is 13.4. The van der Waals surface area contributed by atoms with Crippen LogP contribution in [-0.4, -0.2) is 63.3 Å². The Morgan fingerprint density at radius 1 is 0.971 bits per heavy atom. The molecule has 0 aliphatic carbocycles. The molecule has 0 unspecified atom stereocenters. The molecule has 3 aromatic rings. The first-order chi connectivity index (χ1) is 16.4. The molecule has 0 atom stereocenters. The van der Waals surface area contributed by atoms with Crippen molar-refractivity contribution >= 4 is 38.7 Å². The summed E-state index contributed by atoms with van der Waals surface area (Å²) in [6.45, 7) is 9.44. The molecule has 1 aromatic heterocycles.